The predicted molar refractivity (Wildman–Crippen MR) is 292 cm³/mol. The Morgan fingerprint density at radius 1 is 0.535 bits per heavy atom. The van der Waals surface area contributed by atoms with Crippen LogP contribution in [0.4, 0.5) is 0 Å². The van der Waals surface area contributed by atoms with Gasteiger partial charge in [0.05, 0.1) is 47.1 Å². The van der Waals surface area contributed by atoms with Crippen LogP contribution in [0, 0.1) is 11.7 Å². The largest absolute Gasteiger partial charge is 0.458 e. The van der Waals surface area contributed by atoms with Crippen LogP contribution in [0.2, 0.25) is 0 Å². The molecule has 0 aliphatic rings. The van der Waals surface area contributed by atoms with E-state index in [1.165, 1.54) is 5.56 Å². The summed E-state index contributed by atoms with van der Waals surface area (Å²) in [6.45, 7) is 9.08. The van der Waals surface area contributed by atoms with Gasteiger partial charge in [-0.25, -0.2) is 4.98 Å². The van der Waals surface area contributed by atoms with Gasteiger partial charge in [-0.15, -0.1) is 0 Å². The van der Waals surface area contributed by atoms with Gasteiger partial charge in [0.25, 0.3) is 6.33 Å². The lowest BCUT2D eigenvalue weighted by molar-refractivity contribution is -0.571. The molecule has 0 radical (unpaired) electrons. The summed E-state index contributed by atoms with van der Waals surface area (Å²) in [5.41, 5.74) is 9.47. The lowest BCUT2D eigenvalue weighted by atomic mass is 9.76. The van der Waals surface area contributed by atoms with Crippen molar-refractivity contribution in [1.82, 2.24) is 14.1 Å². The van der Waals surface area contributed by atoms with Crippen molar-refractivity contribution >= 4 is 32.8 Å². The number of imidazole rings is 1. The number of rotatable bonds is 10. The van der Waals surface area contributed by atoms with E-state index in [4.69, 9.17) is 23.4 Å². The van der Waals surface area contributed by atoms with Crippen LogP contribution in [0.25, 0.3) is 94.5 Å². The van der Waals surface area contributed by atoms with Gasteiger partial charge in [-0.3, -0.25) is 13.7 Å². The predicted octanol–water partition coefficient (Wildman–Crippen LogP) is 16.8. The summed E-state index contributed by atoms with van der Waals surface area (Å²) < 4.78 is 100. The van der Waals surface area contributed by atoms with Crippen molar-refractivity contribution in [2.75, 3.05) is 0 Å². The molecule has 0 N–H and O–H groups in total. The molecule has 5 nitrogen and oxygen atoms in total. The highest BCUT2D eigenvalue weighted by atomic mass is 16.5. The molecular formula is C66H52N4O. The van der Waals surface area contributed by atoms with E-state index >= 15 is 0 Å². The highest BCUT2D eigenvalue weighted by molar-refractivity contribution is 6.10. The molecule has 1 atom stereocenters. The lowest BCUT2D eigenvalue weighted by Gasteiger charge is -2.30. The van der Waals surface area contributed by atoms with Gasteiger partial charge >= 0.3 is 0 Å². The van der Waals surface area contributed by atoms with Crippen LogP contribution >= 0.6 is 0 Å². The van der Waals surface area contributed by atoms with Crippen LogP contribution in [-0.2, 0) is 0 Å². The smallest absolute Gasteiger partial charge is 0.269 e. The van der Waals surface area contributed by atoms with Gasteiger partial charge in [0.1, 0.15) is 17.3 Å². The fraction of sp³-hybridized carbons (Fsp3) is 0.0909. The van der Waals surface area contributed by atoms with Gasteiger partial charge in [-0.05, 0) is 104 Å². The zero-order chi connectivity index (χ0) is 56.8. The fourth-order valence-electron chi connectivity index (χ4n) is 9.58. The molecule has 5 heteroatoms. The average Bonchev–Trinajstić information content (AvgIpc) is 4.29. The van der Waals surface area contributed by atoms with Gasteiger partial charge in [0, 0.05) is 28.6 Å². The molecule has 342 valence electrons. The van der Waals surface area contributed by atoms with Gasteiger partial charge in [0.15, 0.2) is 0 Å². The molecule has 0 saturated carbocycles. The van der Waals surface area contributed by atoms with Gasteiger partial charge in [-0.2, -0.15) is 0 Å². The second kappa shape index (κ2) is 17.9. The first-order chi connectivity index (χ1) is 38.9. The molecule has 0 fully saturated rings. The highest BCUT2D eigenvalue weighted by Crippen LogP contribution is 2.43. The van der Waals surface area contributed by atoms with Crippen LogP contribution in [0.5, 0.6) is 11.5 Å². The molecule has 0 bridgehead atoms. The normalized spacial score (nSPS) is 14.1. The standard InChI is InChI=1S/C66H52N4O/c1-45(66(2,3)4)57-42-64(67-43-59(57)49-27-15-8-16-28-49)70-60-38-35-50(46-21-9-5-10-22-46)39-58(60)56-37-36-53(41-63(56)70)71-52-30-19-29-51(40-52)68-44-69(62-34-18-17-33-61(62)68)65-54(47-23-11-6-12-24-47)31-20-32-55(65)48-25-13-7-14-26-48/h5-43,45H,1-4H3/i6D,7D,11D,12D,13D,14D,23D,24D,25D,26D. The summed E-state index contributed by atoms with van der Waals surface area (Å²) >= 11 is 0. The maximum Gasteiger partial charge on any atom is 0.269 e. The van der Waals surface area contributed by atoms with Crippen LogP contribution in [0.3, 0.4) is 0 Å². The van der Waals surface area contributed by atoms with E-state index in [-0.39, 0.29) is 39.3 Å². The number of fused-ring (bicyclic) bond motifs is 4. The van der Waals surface area contributed by atoms with E-state index < -0.39 is 60.4 Å². The monoisotopic (exact) mass is 926 g/mol. The Morgan fingerprint density at radius 2 is 1.18 bits per heavy atom. The Hall–Kier alpha value is -8.80. The molecule has 0 aliphatic heterocycles. The molecule has 1 unspecified atom stereocenters. The summed E-state index contributed by atoms with van der Waals surface area (Å²) in [6, 6.07) is 50.1. The molecule has 0 spiro atoms. The molecule has 0 aliphatic carbocycles. The Labute approximate surface area is 429 Å². The average molecular weight is 927 g/mol. The van der Waals surface area contributed by atoms with Crippen LogP contribution in [-0.4, -0.2) is 14.1 Å². The number of aromatic nitrogens is 4. The minimum atomic E-state index is -0.569. The third-order valence-electron chi connectivity index (χ3n) is 13.5. The molecule has 9 aromatic carbocycles. The fourth-order valence-corrected chi connectivity index (χ4v) is 9.58. The topological polar surface area (TPSA) is 35.9 Å². The first kappa shape index (κ1) is 33.7. The Morgan fingerprint density at radius 3 is 1.89 bits per heavy atom. The van der Waals surface area contributed by atoms with Crippen LogP contribution < -0.4 is 9.30 Å². The number of ether oxygens (including phenoxy) is 1. The van der Waals surface area contributed by atoms with Crippen molar-refractivity contribution in [3.63, 3.8) is 0 Å². The van der Waals surface area contributed by atoms with Crippen molar-refractivity contribution in [3.8, 4) is 73.2 Å². The number of para-hydroxylation sites is 3. The van der Waals surface area contributed by atoms with Gasteiger partial charge in [0.2, 0.25) is 0 Å². The number of hydrogen-bond acceptors (Lipinski definition) is 2. The van der Waals surface area contributed by atoms with Gasteiger partial charge in [-0.1, -0.05) is 203 Å². The first-order valence-electron chi connectivity index (χ1n) is 28.6. The number of pyridine rings is 1. The molecule has 12 rings (SSSR count). The summed E-state index contributed by atoms with van der Waals surface area (Å²) in [4.78, 5) is 5.22. The third kappa shape index (κ3) is 8.05. The summed E-state index contributed by atoms with van der Waals surface area (Å²) in [7, 11) is 0. The maximum absolute atomic E-state index is 9.08. The Kier molecular flexibility index (Phi) is 8.50. The minimum absolute atomic E-state index is 0.0518. The van der Waals surface area contributed by atoms with E-state index in [0.29, 0.717) is 28.2 Å². The maximum atomic E-state index is 9.08. The van der Waals surface area contributed by atoms with Crippen molar-refractivity contribution in [1.29, 1.82) is 0 Å². The number of benzene rings is 9. The summed E-state index contributed by atoms with van der Waals surface area (Å²) in [6.07, 6.45) is 5.47. The van der Waals surface area contributed by atoms with Crippen molar-refractivity contribution in [2.24, 2.45) is 5.41 Å². The van der Waals surface area contributed by atoms with E-state index in [9.17, 15) is 0 Å². The molecular weight excluding hydrogens is 865 g/mol. The molecule has 12 aromatic rings. The van der Waals surface area contributed by atoms with E-state index in [0.717, 1.165) is 49.9 Å². The Balaban J connectivity index is 1.02. The molecule has 3 heterocycles. The second-order valence-corrected chi connectivity index (χ2v) is 18.8. The number of nitrogens with zero attached hydrogens (tertiary/aromatic N) is 4. The van der Waals surface area contributed by atoms with Crippen molar-refractivity contribution in [2.45, 2.75) is 33.6 Å². The van der Waals surface area contributed by atoms with E-state index in [2.05, 4.69) is 105 Å². The Bertz CT molecular complexity index is 4370. The minimum Gasteiger partial charge on any atom is -0.458 e. The van der Waals surface area contributed by atoms with Crippen LogP contribution in [0.1, 0.15) is 52.9 Å². The summed E-state index contributed by atoms with van der Waals surface area (Å²) in [5.74, 6) is 2.02. The SMILES string of the molecule is [2H]c1c([2H])c([2H])c(-c2cccc(-c3c([2H])c([2H])c([2H])c([2H])c3[2H])c2-[n+]2[c-]n(-c3cccc(Oc4ccc5c6cc(-c7ccccc7)ccc6n(-c6cc(C(C)C(C)(C)C)c(-c7ccccc7)cn6)c5c4)c3)c3ccccc32)c([2H])c1[2H]. The number of hydrogen-bond donors (Lipinski definition) is 0. The quantitative estimate of drug-likeness (QED) is 0.101. The molecule has 0 amide bonds. The van der Waals surface area contributed by atoms with Crippen LogP contribution in [0.15, 0.2) is 236 Å². The van der Waals surface area contributed by atoms with E-state index in [1.54, 1.807) is 27.3 Å². The van der Waals surface area contributed by atoms with E-state index in [1.807, 2.05) is 91.1 Å². The van der Waals surface area contributed by atoms with Crippen molar-refractivity contribution < 1.29 is 23.0 Å². The van der Waals surface area contributed by atoms with Crippen molar-refractivity contribution in [3.05, 3.63) is 248 Å². The third-order valence-corrected chi connectivity index (χ3v) is 13.5. The lowest BCUT2D eigenvalue weighted by Crippen LogP contribution is -2.31. The molecule has 3 aromatic heterocycles. The first-order valence-corrected chi connectivity index (χ1v) is 23.6. The second-order valence-electron chi connectivity index (χ2n) is 18.8. The highest BCUT2D eigenvalue weighted by Gasteiger charge is 2.27. The van der Waals surface area contributed by atoms with Gasteiger partial charge < -0.3 is 4.74 Å². The molecule has 0 saturated heterocycles. The zero-order valence-corrected chi connectivity index (χ0v) is 39.5. The molecule has 71 heavy (non-hydrogen) atoms. The summed E-state index contributed by atoms with van der Waals surface area (Å²) in [5, 5.41) is 2.08. The zero-order valence-electron chi connectivity index (χ0n) is 49.5.